The Morgan fingerprint density at radius 2 is 1.90 bits per heavy atom. The van der Waals surface area contributed by atoms with Gasteiger partial charge in [-0.15, -0.1) is 0 Å². The molecule has 0 saturated carbocycles. The highest BCUT2D eigenvalue weighted by Gasteiger charge is 2.17. The Labute approximate surface area is 122 Å². The van der Waals surface area contributed by atoms with E-state index in [1.165, 1.54) is 25.7 Å². The Hall–Kier alpha value is -1.62. The van der Waals surface area contributed by atoms with Crippen LogP contribution in [0.2, 0.25) is 0 Å². The summed E-state index contributed by atoms with van der Waals surface area (Å²) in [7, 11) is 1.78. The molecular weight excluding hydrogens is 276 g/mol. The summed E-state index contributed by atoms with van der Waals surface area (Å²) in [4.78, 5) is 18.3. The van der Waals surface area contributed by atoms with Crippen LogP contribution in [0.4, 0.5) is 5.82 Å². The number of fused-ring (bicyclic) bond motifs is 1. The molecule has 3 heterocycles. The number of aromatic nitrogens is 3. The van der Waals surface area contributed by atoms with Gasteiger partial charge in [0.2, 0.25) is 0 Å². The van der Waals surface area contributed by atoms with Gasteiger partial charge in [0, 0.05) is 20.1 Å². The number of hydrogen-bond acceptors (Lipinski definition) is 4. The van der Waals surface area contributed by atoms with E-state index in [0.29, 0.717) is 11.0 Å². The van der Waals surface area contributed by atoms with E-state index in [1.807, 2.05) is 12.1 Å². The first-order valence-corrected chi connectivity index (χ1v) is 7.33. The number of carbonyl (C=O) groups is 1. The van der Waals surface area contributed by atoms with Gasteiger partial charge in [-0.1, -0.05) is 12.8 Å². The molecule has 2 aromatic heterocycles. The predicted octanol–water partition coefficient (Wildman–Crippen LogP) is 2.73. The summed E-state index contributed by atoms with van der Waals surface area (Å²) in [5, 5.41) is 4.32. The molecule has 0 bridgehead atoms. The molecule has 20 heavy (non-hydrogen) atoms. The molecule has 6 heteroatoms. The third-order valence-corrected chi connectivity index (χ3v) is 3.97. The number of halogens is 1. The van der Waals surface area contributed by atoms with Crippen LogP contribution in [0.5, 0.6) is 0 Å². The van der Waals surface area contributed by atoms with E-state index in [1.54, 1.807) is 11.7 Å². The number of nitrogens with zero attached hydrogens (tertiary/aromatic N) is 4. The number of pyridine rings is 1. The van der Waals surface area contributed by atoms with E-state index in [9.17, 15) is 4.79 Å². The van der Waals surface area contributed by atoms with Crippen LogP contribution in [0.25, 0.3) is 11.0 Å². The van der Waals surface area contributed by atoms with Crippen LogP contribution in [0, 0.1) is 0 Å². The molecule has 106 valence electrons. The van der Waals surface area contributed by atoms with Crippen molar-refractivity contribution in [2.75, 3.05) is 18.0 Å². The minimum atomic E-state index is -0.542. The van der Waals surface area contributed by atoms with Crippen molar-refractivity contribution in [3.63, 3.8) is 0 Å². The monoisotopic (exact) mass is 292 g/mol. The normalized spacial score (nSPS) is 16.4. The Morgan fingerprint density at radius 1 is 1.20 bits per heavy atom. The SMILES string of the molecule is Cn1nc(C(=O)Cl)c2ccc(N3CCCCCC3)nc21. The second-order valence-electron chi connectivity index (χ2n) is 5.19. The summed E-state index contributed by atoms with van der Waals surface area (Å²) in [6.07, 6.45) is 4.98. The molecule has 0 spiro atoms. The minimum absolute atomic E-state index is 0.277. The van der Waals surface area contributed by atoms with Gasteiger partial charge < -0.3 is 4.90 Å². The number of carbonyl (C=O) groups excluding carboxylic acids is 1. The number of aryl methyl sites for hydroxylation is 1. The highest BCUT2D eigenvalue weighted by atomic mass is 35.5. The van der Waals surface area contributed by atoms with Crippen molar-refractivity contribution in [1.29, 1.82) is 0 Å². The molecule has 1 aliphatic heterocycles. The molecule has 0 radical (unpaired) electrons. The topological polar surface area (TPSA) is 51.0 Å². The van der Waals surface area contributed by atoms with Gasteiger partial charge in [-0.3, -0.25) is 4.79 Å². The predicted molar refractivity (Wildman–Crippen MR) is 79.4 cm³/mol. The van der Waals surface area contributed by atoms with Gasteiger partial charge in [0.25, 0.3) is 5.24 Å². The van der Waals surface area contributed by atoms with Crippen LogP contribution in [0.3, 0.4) is 0 Å². The summed E-state index contributed by atoms with van der Waals surface area (Å²) in [6, 6.07) is 3.85. The zero-order valence-corrected chi connectivity index (χ0v) is 12.2. The fourth-order valence-electron chi connectivity index (χ4n) is 2.74. The first-order valence-electron chi connectivity index (χ1n) is 6.95. The fraction of sp³-hybridized carbons (Fsp3) is 0.500. The van der Waals surface area contributed by atoms with Gasteiger partial charge in [-0.2, -0.15) is 5.10 Å². The van der Waals surface area contributed by atoms with Gasteiger partial charge >= 0.3 is 0 Å². The van der Waals surface area contributed by atoms with Crippen LogP contribution in [-0.2, 0) is 7.05 Å². The average molecular weight is 293 g/mol. The lowest BCUT2D eigenvalue weighted by atomic mass is 10.2. The highest BCUT2D eigenvalue weighted by Crippen LogP contribution is 2.23. The van der Waals surface area contributed by atoms with Crippen LogP contribution in [-0.4, -0.2) is 33.1 Å². The maximum absolute atomic E-state index is 11.4. The van der Waals surface area contributed by atoms with E-state index in [4.69, 9.17) is 11.6 Å². The Bertz CT molecular complexity index is 644. The number of rotatable bonds is 2. The van der Waals surface area contributed by atoms with E-state index in [2.05, 4.69) is 15.0 Å². The second-order valence-corrected chi connectivity index (χ2v) is 5.53. The standard InChI is InChI=1S/C14H17ClN4O/c1-18-14-10(12(17-18)13(15)20)6-7-11(16-14)19-8-4-2-3-5-9-19/h6-7H,2-5,8-9H2,1H3. The zero-order chi connectivity index (χ0) is 14.1. The molecule has 1 saturated heterocycles. The summed E-state index contributed by atoms with van der Waals surface area (Å²) in [5.41, 5.74) is 0.981. The van der Waals surface area contributed by atoms with Gasteiger partial charge in [0.1, 0.15) is 5.82 Å². The van der Waals surface area contributed by atoms with Crippen LogP contribution in [0.15, 0.2) is 12.1 Å². The molecule has 1 aliphatic rings. The molecule has 0 aliphatic carbocycles. The van der Waals surface area contributed by atoms with Crippen molar-refractivity contribution in [3.05, 3.63) is 17.8 Å². The van der Waals surface area contributed by atoms with E-state index in [-0.39, 0.29) is 5.69 Å². The fourth-order valence-corrected chi connectivity index (χ4v) is 2.88. The molecular formula is C14H17ClN4O. The van der Waals surface area contributed by atoms with Crippen molar-refractivity contribution < 1.29 is 4.79 Å². The van der Waals surface area contributed by atoms with Gasteiger partial charge in [0.05, 0.1) is 5.39 Å². The van der Waals surface area contributed by atoms with Crippen molar-refractivity contribution in [2.45, 2.75) is 25.7 Å². The zero-order valence-electron chi connectivity index (χ0n) is 11.5. The van der Waals surface area contributed by atoms with Gasteiger partial charge in [-0.05, 0) is 36.6 Å². The highest BCUT2D eigenvalue weighted by molar-refractivity contribution is 6.68. The second kappa shape index (κ2) is 5.40. The van der Waals surface area contributed by atoms with Crippen molar-refractivity contribution in [3.8, 4) is 0 Å². The largest absolute Gasteiger partial charge is 0.357 e. The Morgan fingerprint density at radius 3 is 2.55 bits per heavy atom. The van der Waals surface area contributed by atoms with Crippen LogP contribution >= 0.6 is 11.6 Å². The molecule has 0 atom stereocenters. The molecule has 3 rings (SSSR count). The van der Waals surface area contributed by atoms with Crippen molar-refractivity contribution in [2.24, 2.45) is 7.05 Å². The summed E-state index contributed by atoms with van der Waals surface area (Å²) in [6.45, 7) is 2.08. The number of anilines is 1. The third kappa shape index (κ3) is 2.38. The molecule has 2 aromatic rings. The molecule has 0 N–H and O–H groups in total. The molecule has 5 nitrogen and oxygen atoms in total. The molecule has 1 fully saturated rings. The maximum Gasteiger partial charge on any atom is 0.273 e. The average Bonchev–Trinajstić information content (AvgIpc) is 2.64. The van der Waals surface area contributed by atoms with E-state index >= 15 is 0 Å². The lowest BCUT2D eigenvalue weighted by Gasteiger charge is -2.21. The smallest absolute Gasteiger partial charge is 0.273 e. The lowest BCUT2D eigenvalue weighted by Crippen LogP contribution is -2.24. The first-order chi connectivity index (χ1) is 9.66. The Balaban J connectivity index is 2.02. The van der Waals surface area contributed by atoms with Crippen molar-refractivity contribution >= 4 is 33.7 Å². The van der Waals surface area contributed by atoms with Crippen LogP contribution < -0.4 is 4.90 Å². The van der Waals surface area contributed by atoms with Crippen molar-refractivity contribution in [1.82, 2.24) is 14.8 Å². The molecule has 0 aromatic carbocycles. The molecule has 0 amide bonds. The number of hydrogen-bond donors (Lipinski definition) is 0. The van der Waals surface area contributed by atoms with Gasteiger partial charge in [-0.25, -0.2) is 9.67 Å². The molecule has 0 unspecified atom stereocenters. The summed E-state index contributed by atoms with van der Waals surface area (Å²) < 4.78 is 1.62. The first kappa shape index (κ1) is 13.4. The Kier molecular flexibility index (Phi) is 3.61. The van der Waals surface area contributed by atoms with E-state index in [0.717, 1.165) is 18.9 Å². The minimum Gasteiger partial charge on any atom is -0.357 e. The third-order valence-electron chi connectivity index (χ3n) is 3.79. The van der Waals surface area contributed by atoms with Gasteiger partial charge in [0.15, 0.2) is 11.3 Å². The van der Waals surface area contributed by atoms with E-state index < -0.39 is 5.24 Å². The summed E-state index contributed by atoms with van der Waals surface area (Å²) in [5.74, 6) is 0.955. The van der Waals surface area contributed by atoms with Crippen LogP contribution in [0.1, 0.15) is 36.2 Å². The maximum atomic E-state index is 11.4. The quantitative estimate of drug-likeness (QED) is 0.799. The lowest BCUT2D eigenvalue weighted by molar-refractivity contribution is 0.107. The summed E-state index contributed by atoms with van der Waals surface area (Å²) >= 11 is 5.55.